The predicted molar refractivity (Wildman–Crippen MR) is 113 cm³/mol. The molecule has 0 spiro atoms. The lowest BCUT2D eigenvalue weighted by atomic mass is 10.1. The molecule has 7 heteroatoms. The number of nitrogens with zero attached hydrogens (tertiary/aromatic N) is 5. The molecule has 1 aromatic carbocycles. The standard InChI is InChI=1S/C22H23FN6/c1-13-8-20(27-29-12-15(3)25-22(13)29)19-5-4-16-9-17(10-18(23)21(16)26-19)28-7-6-24-14(2)11-28/h4-5,8-10,12,14,24H,6-7,11H2,1-3H3. The predicted octanol–water partition coefficient (Wildman–Crippen LogP) is 3.50. The SMILES string of the molecule is Cc1cn2nc(-c3ccc4cc(N5CCNC(C)C5)cc(F)c4n3)cc(C)c2n1. The Balaban J connectivity index is 1.57. The molecule has 0 saturated carbocycles. The Kier molecular flexibility index (Phi) is 4.20. The molecule has 1 atom stereocenters. The number of hydrogen-bond acceptors (Lipinski definition) is 5. The first-order chi connectivity index (χ1) is 14.0. The van der Waals surface area contributed by atoms with Gasteiger partial charge in [-0.05, 0) is 50.6 Å². The van der Waals surface area contributed by atoms with E-state index in [-0.39, 0.29) is 5.82 Å². The van der Waals surface area contributed by atoms with Gasteiger partial charge < -0.3 is 10.2 Å². The highest BCUT2D eigenvalue weighted by molar-refractivity contribution is 5.85. The maximum Gasteiger partial charge on any atom is 0.156 e. The first-order valence-corrected chi connectivity index (χ1v) is 9.90. The molecule has 4 aromatic rings. The van der Waals surface area contributed by atoms with Gasteiger partial charge in [0.25, 0.3) is 0 Å². The maximum absolute atomic E-state index is 15.0. The number of aryl methyl sites for hydroxylation is 2. The first-order valence-electron chi connectivity index (χ1n) is 9.90. The number of benzene rings is 1. The van der Waals surface area contributed by atoms with Crippen LogP contribution in [0.1, 0.15) is 18.2 Å². The summed E-state index contributed by atoms with van der Waals surface area (Å²) in [5.41, 5.74) is 5.37. The number of piperazine rings is 1. The molecule has 0 radical (unpaired) electrons. The van der Waals surface area contributed by atoms with Crippen LogP contribution in [-0.2, 0) is 0 Å². The minimum Gasteiger partial charge on any atom is -0.369 e. The molecule has 4 heterocycles. The third kappa shape index (κ3) is 3.21. The molecule has 1 aliphatic rings. The fraction of sp³-hybridized carbons (Fsp3) is 0.318. The van der Waals surface area contributed by atoms with Gasteiger partial charge >= 0.3 is 0 Å². The molecule has 1 aliphatic heterocycles. The molecule has 1 fully saturated rings. The molecular weight excluding hydrogens is 367 g/mol. The van der Waals surface area contributed by atoms with Crippen molar-refractivity contribution in [3.63, 3.8) is 0 Å². The highest BCUT2D eigenvalue weighted by Crippen LogP contribution is 2.28. The van der Waals surface area contributed by atoms with Gasteiger partial charge in [-0.2, -0.15) is 5.10 Å². The largest absolute Gasteiger partial charge is 0.369 e. The lowest BCUT2D eigenvalue weighted by Crippen LogP contribution is -2.49. The third-order valence-corrected chi connectivity index (χ3v) is 5.46. The average Bonchev–Trinajstić information content (AvgIpc) is 3.08. The van der Waals surface area contributed by atoms with E-state index in [1.54, 1.807) is 10.6 Å². The number of anilines is 1. The van der Waals surface area contributed by atoms with Crippen molar-refractivity contribution in [2.24, 2.45) is 0 Å². The van der Waals surface area contributed by atoms with Crippen LogP contribution in [-0.4, -0.2) is 45.3 Å². The lowest BCUT2D eigenvalue weighted by Gasteiger charge is -2.33. The van der Waals surface area contributed by atoms with Crippen LogP contribution in [0.2, 0.25) is 0 Å². The Morgan fingerprint density at radius 3 is 2.79 bits per heavy atom. The number of fused-ring (bicyclic) bond motifs is 2. The number of nitrogens with one attached hydrogen (secondary N) is 1. The summed E-state index contributed by atoms with van der Waals surface area (Å²) in [5.74, 6) is -0.304. The Morgan fingerprint density at radius 2 is 1.97 bits per heavy atom. The van der Waals surface area contributed by atoms with Gasteiger partial charge in [0, 0.05) is 36.7 Å². The summed E-state index contributed by atoms with van der Waals surface area (Å²) in [6.07, 6.45) is 1.88. The minimum atomic E-state index is -0.304. The second-order valence-corrected chi connectivity index (χ2v) is 7.86. The molecule has 1 N–H and O–H groups in total. The van der Waals surface area contributed by atoms with E-state index < -0.39 is 0 Å². The van der Waals surface area contributed by atoms with Gasteiger partial charge in [-0.25, -0.2) is 18.9 Å². The topological polar surface area (TPSA) is 58.4 Å². The summed E-state index contributed by atoms with van der Waals surface area (Å²) in [7, 11) is 0. The van der Waals surface area contributed by atoms with Gasteiger partial charge in [0.2, 0.25) is 0 Å². The molecule has 0 amide bonds. The highest BCUT2D eigenvalue weighted by Gasteiger charge is 2.18. The molecule has 1 unspecified atom stereocenters. The van der Waals surface area contributed by atoms with Crippen molar-refractivity contribution in [2.75, 3.05) is 24.5 Å². The fourth-order valence-corrected chi connectivity index (χ4v) is 4.04. The quantitative estimate of drug-likeness (QED) is 0.568. The molecular formula is C22H23FN6. The summed E-state index contributed by atoms with van der Waals surface area (Å²) < 4.78 is 16.8. The fourth-order valence-electron chi connectivity index (χ4n) is 4.04. The summed E-state index contributed by atoms with van der Waals surface area (Å²) >= 11 is 0. The van der Waals surface area contributed by atoms with E-state index in [1.165, 1.54) is 0 Å². The van der Waals surface area contributed by atoms with E-state index in [0.29, 0.717) is 22.9 Å². The smallest absolute Gasteiger partial charge is 0.156 e. The molecule has 6 nitrogen and oxygen atoms in total. The maximum atomic E-state index is 15.0. The van der Waals surface area contributed by atoms with Crippen LogP contribution < -0.4 is 10.2 Å². The van der Waals surface area contributed by atoms with E-state index in [2.05, 4.69) is 32.2 Å². The number of imidazole rings is 1. The van der Waals surface area contributed by atoms with Crippen molar-refractivity contribution < 1.29 is 4.39 Å². The highest BCUT2D eigenvalue weighted by atomic mass is 19.1. The van der Waals surface area contributed by atoms with E-state index in [9.17, 15) is 4.39 Å². The summed E-state index contributed by atoms with van der Waals surface area (Å²) in [5, 5.41) is 8.83. The van der Waals surface area contributed by atoms with Crippen molar-refractivity contribution in [1.29, 1.82) is 0 Å². The molecule has 1 saturated heterocycles. The van der Waals surface area contributed by atoms with Crippen LogP contribution in [0.15, 0.2) is 36.5 Å². The van der Waals surface area contributed by atoms with Crippen LogP contribution in [0, 0.1) is 19.7 Å². The number of pyridine rings is 1. The number of hydrogen-bond donors (Lipinski definition) is 1. The van der Waals surface area contributed by atoms with Crippen molar-refractivity contribution >= 4 is 22.2 Å². The number of halogens is 1. The van der Waals surface area contributed by atoms with Gasteiger partial charge in [0.15, 0.2) is 11.5 Å². The van der Waals surface area contributed by atoms with Gasteiger partial charge in [-0.15, -0.1) is 0 Å². The zero-order chi connectivity index (χ0) is 20.1. The second-order valence-electron chi connectivity index (χ2n) is 7.86. The Labute approximate surface area is 168 Å². The van der Waals surface area contributed by atoms with Crippen molar-refractivity contribution in [3.8, 4) is 11.4 Å². The van der Waals surface area contributed by atoms with E-state index in [0.717, 1.165) is 47.6 Å². The molecule has 3 aromatic heterocycles. The van der Waals surface area contributed by atoms with Crippen LogP contribution in [0.25, 0.3) is 27.9 Å². The molecule has 0 bridgehead atoms. The van der Waals surface area contributed by atoms with Gasteiger partial charge in [0.1, 0.15) is 11.2 Å². The number of aromatic nitrogens is 4. The molecule has 5 rings (SSSR count). The van der Waals surface area contributed by atoms with Crippen molar-refractivity contribution in [2.45, 2.75) is 26.8 Å². The van der Waals surface area contributed by atoms with E-state index in [1.807, 2.05) is 44.3 Å². The first kappa shape index (κ1) is 18.0. The van der Waals surface area contributed by atoms with Crippen molar-refractivity contribution in [1.82, 2.24) is 24.9 Å². The molecule has 0 aliphatic carbocycles. The monoisotopic (exact) mass is 390 g/mol. The Hall–Kier alpha value is -3.06. The zero-order valence-electron chi connectivity index (χ0n) is 16.8. The number of rotatable bonds is 2. The average molecular weight is 390 g/mol. The van der Waals surface area contributed by atoms with Crippen LogP contribution >= 0.6 is 0 Å². The van der Waals surface area contributed by atoms with Gasteiger partial charge in [-0.1, -0.05) is 6.07 Å². The van der Waals surface area contributed by atoms with E-state index >= 15 is 0 Å². The summed E-state index contributed by atoms with van der Waals surface area (Å²) in [6.45, 7) is 8.71. The van der Waals surface area contributed by atoms with Crippen LogP contribution in [0.3, 0.4) is 0 Å². The molecule has 148 valence electrons. The Bertz CT molecular complexity index is 1230. The summed E-state index contributed by atoms with van der Waals surface area (Å²) in [6, 6.07) is 9.79. The third-order valence-electron chi connectivity index (χ3n) is 5.46. The van der Waals surface area contributed by atoms with Crippen LogP contribution in [0.5, 0.6) is 0 Å². The van der Waals surface area contributed by atoms with Gasteiger partial charge in [0.05, 0.1) is 17.6 Å². The molecule has 29 heavy (non-hydrogen) atoms. The lowest BCUT2D eigenvalue weighted by molar-refractivity contribution is 0.484. The minimum absolute atomic E-state index is 0.304. The normalized spacial score (nSPS) is 17.4. The zero-order valence-corrected chi connectivity index (χ0v) is 16.8. The van der Waals surface area contributed by atoms with Gasteiger partial charge in [-0.3, -0.25) is 0 Å². The van der Waals surface area contributed by atoms with Crippen molar-refractivity contribution in [3.05, 3.63) is 53.6 Å². The van der Waals surface area contributed by atoms with Crippen LogP contribution in [0.4, 0.5) is 10.1 Å². The second kappa shape index (κ2) is 6.77. The summed E-state index contributed by atoms with van der Waals surface area (Å²) in [4.78, 5) is 11.3. The Morgan fingerprint density at radius 1 is 1.10 bits per heavy atom. The van der Waals surface area contributed by atoms with E-state index in [4.69, 9.17) is 0 Å².